The van der Waals surface area contributed by atoms with Crippen LogP contribution in [0.2, 0.25) is 5.02 Å². The van der Waals surface area contributed by atoms with Gasteiger partial charge in [-0.25, -0.2) is 4.79 Å². The number of hydrogen-bond acceptors (Lipinski definition) is 7. The van der Waals surface area contributed by atoms with Crippen molar-refractivity contribution in [2.75, 3.05) is 12.4 Å². The van der Waals surface area contributed by atoms with Crippen LogP contribution in [-0.4, -0.2) is 23.6 Å². The minimum atomic E-state index is -0.942. The number of benzene rings is 2. The molecule has 0 radical (unpaired) electrons. The summed E-state index contributed by atoms with van der Waals surface area (Å²) in [7, 11) is 1.19. The van der Waals surface area contributed by atoms with Crippen molar-refractivity contribution >= 4 is 58.0 Å². The monoisotopic (exact) mass is 506 g/mol. The van der Waals surface area contributed by atoms with Crippen molar-refractivity contribution in [3.8, 4) is 6.07 Å². The van der Waals surface area contributed by atoms with Gasteiger partial charge < -0.3 is 15.8 Å². The van der Waals surface area contributed by atoms with Crippen LogP contribution in [0.25, 0.3) is 17.5 Å². The molecule has 1 amide bonds. The summed E-state index contributed by atoms with van der Waals surface area (Å²) in [6.07, 6.45) is 1.03. The molecule has 8 nitrogen and oxygen atoms in total. The van der Waals surface area contributed by atoms with Crippen molar-refractivity contribution in [2.45, 2.75) is 12.8 Å². The molecule has 0 aliphatic carbocycles. The number of rotatable bonds is 4. The van der Waals surface area contributed by atoms with Crippen LogP contribution in [0.1, 0.15) is 17.0 Å². The molecule has 3 N–H and O–H groups in total. The van der Waals surface area contributed by atoms with E-state index in [0.717, 1.165) is 27.5 Å². The molecule has 0 spiro atoms. The highest BCUT2D eigenvalue weighted by molar-refractivity contribution is 7.07. The number of aromatic nitrogens is 1. The summed E-state index contributed by atoms with van der Waals surface area (Å²) in [6.45, 7) is 1.89. The lowest BCUT2D eigenvalue weighted by atomic mass is 9.83. The number of nitriles is 1. The molecular formula is C25H19ClN4O4S. The highest BCUT2D eigenvalue weighted by atomic mass is 35.5. The van der Waals surface area contributed by atoms with Crippen molar-refractivity contribution in [2.24, 2.45) is 5.73 Å². The fourth-order valence-corrected chi connectivity index (χ4v) is 5.25. The normalized spacial score (nSPS) is 15.4. The number of carbonyl (C=O) groups is 2. The maximum Gasteiger partial charge on any atom is 0.332 e. The van der Waals surface area contributed by atoms with Gasteiger partial charge in [-0.15, -0.1) is 11.3 Å². The topological polar surface area (TPSA) is 127 Å². The number of thiazole rings is 1. The number of fused-ring (bicyclic) bond motifs is 1. The van der Waals surface area contributed by atoms with Gasteiger partial charge in [0.2, 0.25) is 0 Å². The third-order valence-electron chi connectivity index (χ3n) is 5.46. The SMILES string of the molecule is COC(=O)C=c1sc2n(c1=O)C(N)=C(C#N)C(c1ccccc1Cl)C=2C(=O)Nc1cccc(C)c1. The van der Waals surface area contributed by atoms with Crippen molar-refractivity contribution < 1.29 is 14.3 Å². The Bertz CT molecular complexity index is 1630. The molecule has 1 aliphatic rings. The Balaban J connectivity index is 2.08. The first kappa shape index (κ1) is 24.0. The number of methoxy groups -OCH3 is 1. The second-order valence-electron chi connectivity index (χ2n) is 7.68. The third kappa shape index (κ3) is 4.37. The number of nitrogens with zero attached hydrogens (tertiary/aromatic N) is 2. The van der Waals surface area contributed by atoms with Gasteiger partial charge in [-0.1, -0.05) is 41.9 Å². The van der Waals surface area contributed by atoms with Crippen molar-refractivity contribution in [3.63, 3.8) is 0 Å². The Morgan fingerprint density at radius 1 is 1.26 bits per heavy atom. The minimum absolute atomic E-state index is 0.00718. The van der Waals surface area contributed by atoms with Crippen LogP contribution in [0.3, 0.4) is 0 Å². The van der Waals surface area contributed by atoms with Crippen LogP contribution < -0.4 is 25.8 Å². The van der Waals surface area contributed by atoms with Crippen LogP contribution in [0.4, 0.5) is 5.69 Å². The first-order valence-corrected chi connectivity index (χ1v) is 11.5. The van der Waals surface area contributed by atoms with Gasteiger partial charge in [0.15, 0.2) is 0 Å². The molecule has 1 aliphatic heterocycles. The van der Waals surface area contributed by atoms with E-state index >= 15 is 0 Å². The molecule has 0 fully saturated rings. The molecular weight excluding hydrogens is 488 g/mol. The number of anilines is 1. The molecule has 1 unspecified atom stereocenters. The molecule has 0 saturated heterocycles. The summed E-state index contributed by atoms with van der Waals surface area (Å²) < 4.78 is 5.92. The van der Waals surface area contributed by atoms with E-state index in [0.29, 0.717) is 16.3 Å². The smallest absolute Gasteiger partial charge is 0.332 e. The standard InChI is InChI=1S/C25H19ClN4O4S/c1-13-6-5-7-14(10-13)29-23(32)21-20(15-8-3-4-9-17(15)26)16(12-27)22(28)30-24(33)18(35-25(21)30)11-19(31)34-2/h3-11,20H,28H2,1-2H3,(H,29,32). The molecule has 2 heterocycles. The molecule has 1 aromatic heterocycles. The number of esters is 1. The van der Waals surface area contributed by atoms with Gasteiger partial charge in [-0.2, -0.15) is 5.26 Å². The summed E-state index contributed by atoms with van der Waals surface area (Å²) in [5.74, 6) is -2.36. The van der Waals surface area contributed by atoms with Crippen LogP contribution in [0.15, 0.2) is 58.9 Å². The van der Waals surface area contributed by atoms with E-state index in [-0.39, 0.29) is 26.2 Å². The Kier molecular flexibility index (Phi) is 6.60. The number of nitrogens with two attached hydrogens (primary N) is 1. The Morgan fingerprint density at radius 2 is 2.00 bits per heavy atom. The molecule has 1 atom stereocenters. The van der Waals surface area contributed by atoms with Crippen LogP contribution in [0, 0.1) is 18.3 Å². The lowest BCUT2D eigenvalue weighted by molar-refractivity contribution is -0.133. The average molecular weight is 507 g/mol. The van der Waals surface area contributed by atoms with Gasteiger partial charge in [0.25, 0.3) is 11.5 Å². The van der Waals surface area contributed by atoms with E-state index in [9.17, 15) is 19.6 Å². The maximum atomic E-state index is 13.7. The van der Waals surface area contributed by atoms with Gasteiger partial charge in [-0.3, -0.25) is 14.2 Å². The number of aryl methyl sites for hydroxylation is 1. The van der Waals surface area contributed by atoms with E-state index in [1.165, 1.54) is 7.11 Å². The number of amides is 1. The zero-order chi connectivity index (χ0) is 25.3. The van der Waals surface area contributed by atoms with Gasteiger partial charge in [0.1, 0.15) is 15.0 Å². The number of hydrogen-bond donors (Lipinski definition) is 2. The quantitative estimate of drug-likeness (QED) is 0.521. The van der Waals surface area contributed by atoms with E-state index < -0.39 is 23.4 Å². The fraction of sp³-hybridized carbons (Fsp3) is 0.120. The summed E-state index contributed by atoms with van der Waals surface area (Å²) in [4.78, 5) is 38.7. The summed E-state index contributed by atoms with van der Waals surface area (Å²) in [5.41, 5.74) is 7.71. The molecule has 10 heteroatoms. The summed E-state index contributed by atoms with van der Waals surface area (Å²) >= 11 is 7.39. The lowest BCUT2D eigenvalue weighted by Crippen LogP contribution is -2.41. The Morgan fingerprint density at radius 3 is 2.66 bits per heavy atom. The molecule has 4 rings (SSSR count). The Hall–Kier alpha value is -4.13. The average Bonchev–Trinajstić information content (AvgIpc) is 3.14. The highest BCUT2D eigenvalue weighted by Gasteiger charge is 2.36. The molecule has 2 aromatic carbocycles. The maximum absolute atomic E-state index is 13.7. The lowest BCUT2D eigenvalue weighted by Gasteiger charge is -2.26. The number of allylic oxidation sites excluding steroid dienone is 1. The number of nitrogens with one attached hydrogen (secondary N) is 1. The largest absolute Gasteiger partial charge is 0.466 e. The van der Waals surface area contributed by atoms with E-state index in [1.54, 1.807) is 42.5 Å². The second kappa shape index (κ2) is 9.62. The van der Waals surface area contributed by atoms with Crippen LogP contribution >= 0.6 is 22.9 Å². The number of halogens is 1. The summed E-state index contributed by atoms with van der Waals surface area (Å²) in [6, 6.07) is 16.1. The first-order valence-electron chi connectivity index (χ1n) is 10.3. The predicted molar refractivity (Wildman–Crippen MR) is 135 cm³/mol. The zero-order valence-electron chi connectivity index (χ0n) is 18.7. The van der Waals surface area contributed by atoms with Crippen molar-refractivity contribution in [1.29, 1.82) is 5.26 Å². The number of carbonyl (C=O) groups excluding carboxylic acids is 2. The summed E-state index contributed by atoms with van der Waals surface area (Å²) in [5, 5.41) is 13.2. The van der Waals surface area contributed by atoms with E-state index in [2.05, 4.69) is 16.1 Å². The first-order chi connectivity index (χ1) is 16.8. The zero-order valence-corrected chi connectivity index (χ0v) is 20.2. The molecule has 35 heavy (non-hydrogen) atoms. The van der Waals surface area contributed by atoms with Crippen LogP contribution in [-0.2, 0) is 14.3 Å². The highest BCUT2D eigenvalue weighted by Crippen LogP contribution is 2.39. The second-order valence-corrected chi connectivity index (χ2v) is 9.12. The van der Waals surface area contributed by atoms with Crippen LogP contribution in [0.5, 0.6) is 0 Å². The molecule has 0 saturated carbocycles. The third-order valence-corrected chi connectivity index (χ3v) is 6.91. The molecule has 3 aromatic rings. The predicted octanol–water partition coefficient (Wildman–Crippen LogP) is 2.06. The van der Waals surface area contributed by atoms with E-state index in [4.69, 9.17) is 17.3 Å². The van der Waals surface area contributed by atoms with Crippen molar-refractivity contribution in [3.05, 3.63) is 89.8 Å². The number of ether oxygens (including phenoxy) is 1. The minimum Gasteiger partial charge on any atom is -0.466 e. The fourth-order valence-electron chi connectivity index (χ4n) is 3.87. The van der Waals surface area contributed by atoms with Gasteiger partial charge >= 0.3 is 5.97 Å². The van der Waals surface area contributed by atoms with E-state index in [1.807, 2.05) is 13.0 Å². The Labute approximate surface area is 208 Å². The van der Waals surface area contributed by atoms with Gasteiger partial charge in [0, 0.05) is 16.8 Å². The molecule has 0 bridgehead atoms. The van der Waals surface area contributed by atoms with Gasteiger partial charge in [-0.05, 0) is 36.2 Å². The van der Waals surface area contributed by atoms with Gasteiger partial charge in [0.05, 0.1) is 30.2 Å². The molecule has 176 valence electrons. The van der Waals surface area contributed by atoms with Crippen molar-refractivity contribution in [1.82, 2.24) is 4.57 Å².